The van der Waals surface area contributed by atoms with Gasteiger partial charge in [0.1, 0.15) is 18.9 Å². The van der Waals surface area contributed by atoms with Crippen LogP contribution in [0.25, 0.3) is 6.08 Å². The van der Waals surface area contributed by atoms with E-state index in [1.54, 1.807) is 29.2 Å². The second kappa shape index (κ2) is 10.6. The van der Waals surface area contributed by atoms with Crippen molar-refractivity contribution in [2.24, 2.45) is 0 Å². The van der Waals surface area contributed by atoms with Crippen LogP contribution in [0, 0.1) is 0 Å². The number of amides is 3. The van der Waals surface area contributed by atoms with Crippen LogP contribution in [0.4, 0.5) is 4.79 Å². The maximum Gasteiger partial charge on any atom is 0.294 e. The first kappa shape index (κ1) is 24.3. The number of carbonyl (C=O) groups is 3. The van der Waals surface area contributed by atoms with Gasteiger partial charge in [-0.2, -0.15) is 0 Å². The van der Waals surface area contributed by atoms with Crippen molar-refractivity contribution in [2.75, 3.05) is 19.6 Å². The largest absolute Gasteiger partial charge is 0.486 e. The van der Waals surface area contributed by atoms with Crippen LogP contribution < -0.4 is 4.74 Å². The third-order valence-corrected chi connectivity index (χ3v) is 7.73. The Labute approximate surface area is 217 Å². The second-order valence-corrected chi connectivity index (χ2v) is 10.7. The highest BCUT2D eigenvalue weighted by Crippen LogP contribution is 2.38. The lowest BCUT2D eigenvalue weighted by Gasteiger charge is -2.18. The van der Waals surface area contributed by atoms with Crippen molar-refractivity contribution in [3.63, 3.8) is 0 Å². The van der Waals surface area contributed by atoms with Crippen molar-refractivity contribution in [2.45, 2.75) is 19.4 Å². The summed E-state index contributed by atoms with van der Waals surface area (Å²) < 4.78 is 7.29. The Hall–Kier alpha value is -1.81. The highest BCUT2D eigenvalue weighted by atomic mass is 79.9. The van der Waals surface area contributed by atoms with Crippen LogP contribution in [-0.4, -0.2) is 46.5 Å². The number of hydrogen-bond donors (Lipinski definition) is 0. The molecule has 0 bridgehead atoms. The topological polar surface area (TPSA) is 66.9 Å². The summed E-state index contributed by atoms with van der Waals surface area (Å²) in [5, 5.41) is 0.192. The van der Waals surface area contributed by atoms with Gasteiger partial charge in [0.05, 0.1) is 13.9 Å². The molecule has 2 aliphatic rings. The van der Waals surface area contributed by atoms with Gasteiger partial charge in [0.2, 0.25) is 5.91 Å². The van der Waals surface area contributed by atoms with Crippen molar-refractivity contribution in [3.05, 3.63) is 66.4 Å². The number of thioether (sulfide) groups is 1. The predicted molar refractivity (Wildman–Crippen MR) is 136 cm³/mol. The molecule has 0 aromatic heterocycles. The normalized spacial score (nSPS) is 17.4. The second-order valence-electron chi connectivity index (χ2n) is 7.55. The Morgan fingerprint density at radius 2 is 1.79 bits per heavy atom. The molecule has 3 amide bonds. The number of halogens is 3. The van der Waals surface area contributed by atoms with Crippen LogP contribution >= 0.6 is 55.2 Å². The lowest BCUT2D eigenvalue weighted by Crippen LogP contribution is -2.40. The molecule has 2 saturated heterocycles. The van der Waals surface area contributed by atoms with Crippen LogP contribution in [0.5, 0.6) is 5.75 Å². The van der Waals surface area contributed by atoms with Gasteiger partial charge in [-0.1, -0.05) is 29.8 Å². The van der Waals surface area contributed by atoms with E-state index in [2.05, 4.69) is 31.9 Å². The molecular weight excluding hydrogens is 596 g/mol. The number of imide groups is 1. The lowest BCUT2D eigenvalue weighted by atomic mass is 10.2. The molecule has 33 heavy (non-hydrogen) atoms. The molecule has 4 rings (SSSR count). The van der Waals surface area contributed by atoms with Crippen LogP contribution in [0.1, 0.15) is 24.0 Å². The highest BCUT2D eigenvalue weighted by molar-refractivity contribution is 9.11. The molecule has 0 radical (unpaired) electrons. The molecule has 0 atom stereocenters. The molecule has 2 aromatic carbocycles. The summed E-state index contributed by atoms with van der Waals surface area (Å²) in [6.07, 6.45) is 3.55. The average Bonchev–Trinajstić information content (AvgIpc) is 3.39. The minimum atomic E-state index is -0.455. The Morgan fingerprint density at radius 3 is 2.45 bits per heavy atom. The summed E-state index contributed by atoms with van der Waals surface area (Å²) >= 11 is 14.1. The fourth-order valence-electron chi connectivity index (χ4n) is 3.56. The summed E-state index contributed by atoms with van der Waals surface area (Å²) in [6.45, 7) is 1.43. The summed E-state index contributed by atoms with van der Waals surface area (Å²) in [6, 6.07) is 11.0. The first-order chi connectivity index (χ1) is 15.8. The Kier molecular flexibility index (Phi) is 7.83. The van der Waals surface area contributed by atoms with Crippen LogP contribution in [-0.2, 0) is 16.2 Å². The number of carbonyl (C=O) groups excluding carboxylic acids is 3. The molecule has 2 aromatic rings. The van der Waals surface area contributed by atoms with Crippen molar-refractivity contribution >= 4 is 78.4 Å². The van der Waals surface area contributed by atoms with Gasteiger partial charge in [-0.25, -0.2) is 0 Å². The van der Waals surface area contributed by atoms with Gasteiger partial charge < -0.3 is 9.64 Å². The molecule has 172 valence electrons. The van der Waals surface area contributed by atoms with Crippen molar-refractivity contribution in [3.8, 4) is 5.75 Å². The molecule has 0 N–H and O–H groups in total. The molecule has 6 nitrogen and oxygen atoms in total. The molecule has 0 unspecified atom stereocenters. The van der Waals surface area contributed by atoms with E-state index in [9.17, 15) is 14.4 Å². The lowest BCUT2D eigenvalue weighted by molar-refractivity contribution is -0.135. The van der Waals surface area contributed by atoms with Crippen LogP contribution in [0.2, 0.25) is 5.02 Å². The van der Waals surface area contributed by atoms with E-state index in [0.717, 1.165) is 35.1 Å². The fourth-order valence-corrected chi connectivity index (χ4v) is 6.03. The number of benzene rings is 2. The highest BCUT2D eigenvalue weighted by Gasteiger charge is 2.37. The molecule has 2 fully saturated rings. The van der Waals surface area contributed by atoms with E-state index >= 15 is 0 Å². The smallest absolute Gasteiger partial charge is 0.294 e. The standard InChI is InChI=1S/C23H19Br2ClN2O4S/c24-16-9-14(10-17(25)21(16)32-13-15-5-1-2-6-18(15)26)11-19-22(30)28(23(31)33-19)12-20(29)27-7-3-4-8-27/h1-2,5-6,9-11H,3-4,7-8,12-13H2/b19-11+. The van der Waals surface area contributed by atoms with Gasteiger partial charge in [0.15, 0.2) is 0 Å². The SMILES string of the molecule is O=C(CN1C(=O)S/C(=C/c2cc(Br)c(OCc3ccccc3Cl)c(Br)c2)C1=O)N1CCCC1. The first-order valence-corrected chi connectivity index (χ1v) is 13.0. The predicted octanol–water partition coefficient (Wildman–Crippen LogP) is 6.10. The molecule has 10 heteroatoms. The van der Waals surface area contributed by atoms with E-state index in [-0.39, 0.29) is 17.4 Å². The number of nitrogens with zero attached hydrogens (tertiary/aromatic N) is 2. The molecular formula is C23H19Br2ClN2O4S. The summed E-state index contributed by atoms with van der Waals surface area (Å²) in [7, 11) is 0. The third kappa shape index (κ3) is 5.65. The van der Waals surface area contributed by atoms with E-state index < -0.39 is 11.1 Å². The van der Waals surface area contributed by atoms with Crippen LogP contribution in [0.15, 0.2) is 50.2 Å². The van der Waals surface area contributed by atoms with E-state index in [0.29, 0.717) is 45.0 Å². The summed E-state index contributed by atoms with van der Waals surface area (Å²) in [4.78, 5) is 40.5. The zero-order valence-electron chi connectivity index (χ0n) is 17.4. The van der Waals surface area contributed by atoms with Crippen LogP contribution in [0.3, 0.4) is 0 Å². The van der Waals surface area contributed by atoms with Crippen molar-refractivity contribution in [1.29, 1.82) is 0 Å². The number of ether oxygens (including phenoxy) is 1. The van der Waals surface area contributed by atoms with Crippen molar-refractivity contribution in [1.82, 2.24) is 9.80 Å². The third-order valence-electron chi connectivity index (χ3n) is 5.27. The first-order valence-electron chi connectivity index (χ1n) is 10.2. The fraction of sp³-hybridized carbons (Fsp3) is 0.261. The Balaban J connectivity index is 1.47. The quantitative estimate of drug-likeness (QED) is 0.368. The van der Waals surface area contributed by atoms with E-state index in [4.69, 9.17) is 16.3 Å². The number of likely N-dealkylation sites (tertiary alicyclic amines) is 1. The monoisotopic (exact) mass is 612 g/mol. The number of hydrogen-bond acceptors (Lipinski definition) is 5. The zero-order valence-corrected chi connectivity index (χ0v) is 22.1. The molecule has 2 heterocycles. The van der Waals surface area contributed by atoms with Gasteiger partial charge in [0.25, 0.3) is 11.1 Å². The Morgan fingerprint density at radius 1 is 1.12 bits per heavy atom. The summed E-state index contributed by atoms with van der Waals surface area (Å²) in [5.41, 5.74) is 1.56. The molecule has 2 aliphatic heterocycles. The van der Waals surface area contributed by atoms with Gasteiger partial charge in [-0.05, 0) is 86.3 Å². The van der Waals surface area contributed by atoms with Gasteiger partial charge in [0, 0.05) is 23.7 Å². The maximum absolute atomic E-state index is 12.8. The van der Waals surface area contributed by atoms with E-state index in [1.807, 2.05) is 18.2 Å². The molecule has 0 spiro atoms. The van der Waals surface area contributed by atoms with Gasteiger partial charge in [-0.15, -0.1) is 0 Å². The minimum absolute atomic E-state index is 0.193. The van der Waals surface area contributed by atoms with Crippen molar-refractivity contribution < 1.29 is 19.1 Å². The van der Waals surface area contributed by atoms with E-state index in [1.165, 1.54) is 0 Å². The Bertz CT molecular complexity index is 1130. The van der Waals surface area contributed by atoms with Gasteiger partial charge >= 0.3 is 0 Å². The van der Waals surface area contributed by atoms with Gasteiger partial charge in [-0.3, -0.25) is 19.3 Å². The molecule has 0 aliphatic carbocycles. The molecule has 0 saturated carbocycles. The summed E-state index contributed by atoms with van der Waals surface area (Å²) in [5.74, 6) is -0.0539. The zero-order chi connectivity index (χ0) is 23.5. The minimum Gasteiger partial charge on any atom is -0.486 e. The average molecular weight is 615 g/mol. The maximum atomic E-state index is 12.8. The number of rotatable bonds is 6.